The zero-order chi connectivity index (χ0) is 11.4. The van der Waals surface area contributed by atoms with Gasteiger partial charge in [0, 0.05) is 6.42 Å². The van der Waals surface area contributed by atoms with E-state index in [1.54, 1.807) is 6.92 Å². The minimum absolute atomic E-state index is 0.172. The zero-order valence-electron chi connectivity index (χ0n) is 9.33. The van der Waals surface area contributed by atoms with Gasteiger partial charge in [-0.05, 0) is 19.8 Å². The average Bonchev–Trinajstić information content (AvgIpc) is 2.17. The summed E-state index contributed by atoms with van der Waals surface area (Å²) in [6.45, 7) is 7.53. The highest BCUT2D eigenvalue weighted by atomic mass is 31.1. The maximum absolute atomic E-state index is 12.0. The van der Waals surface area contributed by atoms with Gasteiger partial charge in [-0.1, -0.05) is 20.8 Å². The van der Waals surface area contributed by atoms with Crippen molar-refractivity contribution in [1.29, 1.82) is 0 Å². The third-order valence-corrected chi connectivity index (χ3v) is 5.45. The van der Waals surface area contributed by atoms with Crippen LogP contribution in [0.1, 0.15) is 47.0 Å². The molecule has 1 atom stereocenters. The van der Waals surface area contributed by atoms with Gasteiger partial charge >= 0.3 is 5.97 Å². The Kier molecular flexibility index (Phi) is 5.32. The normalized spacial score (nSPS) is 13.8. The van der Waals surface area contributed by atoms with Crippen LogP contribution in [0.15, 0.2) is 0 Å². The van der Waals surface area contributed by atoms with Gasteiger partial charge in [0.2, 0.25) is 5.29 Å². The van der Waals surface area contributed by atoms with E-state index in [0.717, 1.165) is 12.8 Å². The molecule has 0 aliphatic rings. The summed E-state index contributed by atoms with van der Waals surface area (Å²) < 4.78 is 0. The second-order valence-electron chi connectivity index (χ2n) is 3.60. The van der Waals surface area contributed by atoms with Crippen LogP contribution in [-0.4, -0.2) is 21.5 Å². The van der Waals surface area contributed by atoms with E-state index in [4.69, 9.17) is 5.11 Å². The molecule has 0 aliphatic carbocycles. The van der Waals surface area contributed by atoms with Crippen molar-refractivity contribution in [2.45, 2.75) is 52.1 Å². The predicted octanol–water partition coefficient (Wildman–Crippen LogP) is 1.99. The lowest BCUT2D eigenvalue weighted by Crippen LogP contribution is -2.28. The van der Waals surface area contributed by atoms with E-state index in [1.165, 1.54) is 0 Å². The quantitative estimate of drug-likeness (QED) is 0.718. The molecule has 0 saturated carbocycles. The highest BCUT2D eigenvalue weighted by Crippen LogP contribution is 2.40. The maximum atomic E-state index is 12.0. The average molecular weight is 218 g/mol. The number of hydrogen-bond acceptors (Lipinski definition) is 2. The van der Waals surface area contributed by atoms with Gasteiger partial charge in [-0.25, -0.2) is 4.79 Å². The van der Waals surface area contributed by atoms with E-state index in [0.29, 0.717) is 6.42 Å². The van der Waals surface area contributed by atoms with E-state index in [9.17, 15) is 9.69 Å². The lowest BCUT2D eigenvalue weighted by Gasteiger charge is -2.23. The fourth-order valence-corrected chi connectivity index (χ4v) is 2.93. The molecule has 0 aromatic carbocycles. The first-order valence-corrected chi connectivity index (χ1v) is 6.25. The minimum atomic E-state index is -1.76. The van der Waals surface area contributed by atoms with Crippen molar-refractivity contribution >= 4 is 19.0 Å². The molecule has 1 N–H and O–H groups in total. The van der Waals surface area contributed by atoms with Crippen LogP contribution in [0.4, 0.5) is 0 Å². The van der Waals surface area contributed by atoms with E-state index in [-0.39, 0.29) is 10.4 Å². The molecule has 3 nitrogen and oxygen atoms in total. The summed E-state index contributed by atoms with van der Waals surface area (Å²) in [5.41, 5.74) is 0. The van der Waals surface area contributed by atoms with Crippen molar-refractivity contribution in [2.75, 3.05) is 0 Å². The Bertz CT molecular complexity index is 242. The van der Waals surface area contributed by atoms with Crippen molar-refractivity contribution in [2.24, 2.45) is 0 Å². The summed E-state index contributed by atoms with van der Waals surface area (Å²) in [6, 6.07) is 0. The molecule has 4 heteroatoms. The van der Waals surface area contributed by atoms with Crippen molar-refractivity contribution in [3.8, 4) is 0 Å². The summed E-state index contributed by atoms with van der Waals surface area (Å²) in [7, 11) is -1.76. The van der Waals surface area contributed by atoms with E-state index >= 15 is 0 Å². The molecule has 0 bridgehead atoms. The summed E-state index contributed by atoms with van der Waals surface area (Å²) >= 11 is 0. The van der Waals surface area contributed by atoms with E-state index in [2.05, 4.69) is 0 Å². The Morgan fingerprint density at radius 3 is 2.00 bits per heavy atom. The monoisotopic (exact) mass is 218 g/mol. The molecule has 0 aromatic heterocycles. The Balaban J connectivity index is 5.21. The number of aliphatic carboxylic acids is 1. The van der Waals surface area contributed by atoms with Crippen LogP contribution in [-0.2, 0) is 4.79 Å². The van der Waals surface area contributed by atoms with E-state index in [1.807, 2.05) is 20.8 Å². The molecule has 0 heterocycles. The van der Waals surface area contributed by atoms with Crippen molar-refractivity contribution in [3.05, 3.63) is 0 Å². The highest BCUT2D eigenvalue weighted by molar-refractivity contribution is 7.55. The van der Waals surface area contributed by atoms with Crippen molar-refractivity contribution in [3.63, 3.8) is 0 Å². The molecule has 82 valence electrons. The van der Waals surface area contributed by atoms with Crippen LogP contribution in [0, 0.1) is 0 Å². The molecular formula is C10H19O3P. The van der Waals surface area contributed by atoms with Gasteiger partial charge in [-0.15, -0.1) is 0 Å². The predicted molar refractivity (Wildman–Crippen MR) is 58.8 cm³/mol. The van der Waals surface area contributed by atoms with Crippen LogP contribution >= 0.6 is 7.77 Å². The molecule has 0 aromatic rings. The molecule has 0 spiro atoms. The van der Waals surface area contributed by atoms with Gasteiger partial charge in [-0.3, -0.25) is 0 Å². The fraction of sp³-hybridized carbons (Fsp3) is 0.800. The first kappa shape index (κ1) is 13.6. The fourth-order valence-electron chi connectivity index (χ4n) is 1.24. The smallest absolute Gasteiger partial charge is 0.374 e. The first-order valence-electron chi connectivity index (χ1n) is 4.99. The third kappa shape index (κ3) is 2.79. The number of carboxylic acids is 1. The van der Waals surface area contributed by atoms with Gasteiger partial charge in [0.15, 0.2) is 0 Å². The second-order valence-corrected chi connectivity index (χ2v) is 5.81. The third-order valence-electron chi connectivity index (χ3n) is 2.84. The van der Waals surface area contributed by atoms with Crippen LogP contribution < -0.4 is 4.89 Å². The largest absolute Gasteiger partial charge is 0.630 e. The summed E-state index contributed by atoms with van der Waals surface area (Å²) in [4.78, 5) is 22.9. The SMILES string of the molecule is CC/C(C(=O)O)=[P+](/[O-])C(C)(CC)CC. The maximum Gasteiger partial charge on any atom is 0.374 e. The van der Waals surface area contributed by atoms with Crippen LogP contribution in [0.5, 0.6) is 0 Å². The lowest BCUT2D eigenvalue weighted by molar-refractivity contribution is -0.158. The number of carboxylic acid groups (broad SMARTS) is 1. The molecule has 0 aliphatic heterocycles. The summed E-state index contributed by atoms with van der Waals surface area (Å²) in [6.07, 6.45) is 1.85. The molecule has 1 unspecified atom stereocenters. The summed E-state index contributed by atoms with van der Waals surface area (Å²) in [5, 5.41) is 8.69. The minimum Gasteiger partial charge on any atom is -0.630 e. The molecule has 0 rings (SSSR count). The van der Waals surface area contributed by atoms with Gasteiger partial charge in [0.05, 0.1) is 7.77 Å². The Morgan fingerprint density at radius 2 is 1.79 bits per heavy atom. The molecule has 0 amide bonds. The van der Waals surface area contributed by atoms with Gasteiger partial charge < -0.3 is 10.00 Å². The number of rotatable bonds is 5. The van der Waals surface area contributed by atoms with Gasteiger partial charge in [-0.2, -0.15) is 0 Å². The molecule has 14 heavy (non-hydrogen) atoms. The standard InChI is InChI=1S/C10H19O3P/c1-5-8(9(11)12)14(13)10(4,6-2)7-3/h5-7H2,1-4H3,(H,11,12). The molecule has 0 radical (unpaired) electrons. The first-order chi connectivity index (χ1) is 6.42. The topological polar surface area (TPSA) is 60.4 Å². The Hall–Kier alpha value is -0.400. The number of carbonyl (C=O) groups is 1. The van der Waals surface area contributed by atoms with Crippen LogP contribution in [0.3, 0.4) is 0 Å². The van der Waals surface area contributed by atoms with Crippen LogP contribution in [0.2, 0.25) is 0 Å². The Labute approximate surface area is 86.6 Å². The number of hydrogen-bond donors (Lipinski definition) is 1. The summed E-state index contributed by atoms with van der Waals surface area (Å²) in [5.74, 6) is -1.01. The highest BCUT2D eigenvalue weighted by Gasteiger charge is 2.33. The molecule has 0 saturated heterocycles. The van der Waals surface area contributed by atoms with E-state index < -0.39 is 13.7 Å². The molecular weight excluding hydrogens is 199 g/mol. The van der Waals surface area contributed by atoms with Crippen LogP contribution in [0.25, 0.3) is 0 Å². The molecule has 0 fully saturated rings. The Morgan fingerprint density at radius 1 is 1.36 bits per heavy atom. The van der Waals surface area contributed by atoms with Crippen molar-refractivity contribution < 1.29 is 14.8 Å². The zero-order valence-corrected chi connectivity index (χ0v) is 10.2. The van der Waals surface area contributed by atoms with Crippen molar-refractivity contribution in [1.82, 2.24) is 0 Å². The van der Waals surface area contributed by atoms with Gasteiger partial charge in [0.25, 0.3) is 0 Å². The van der Waals surface area contributed by atoms with Gasteiger partial charge in [0.1, 0.15) is 5.16 Å². The lowest BCUT2D eigenvalue weighted by atomic mass is 10.1. The second kappa shape index (κ2) is 5.47.